The van der Waals surface area contributed by atoms with Gasteiger partial charge in [-0.15, -0.1) is 0 Å². The fourth-order valence-corrected chi connectivity index (χ4v) is 1.53. The number of esters is 1. The van der Waals surface area contributed by atoms with E-state index in [0.717, 1.165) is 4.60 Å². The van der Waals surface area contributed by atoms with Crippen molar-refractivity contribution in [3.05, 3.63) is 28.5 Å². The molecule has 0 aliphatic rings. The van der Waals surface area contributed by atoms with Gasteiger partial charge in [-0.3, -0.25) is 4.79 Å². The zero-order valence-electron chi connectivity index (χ0n) is 9.95. The average Bonchev–Trinajstić information content (AvgIpc) is 2.14. The third kappa shape index (κ3) is 3.93. The van der Waals surface area contributed by atoms with E-state index in [1.807, 2.05) is 39.0 Å². The molecule has 0 aromatic carbocycles. The molecule has 0 bridgehead atoms. The van der Waals surface area contributed by atoms with Crippen molar-refractivity contribution in [3.63, 3.8) is 0 Å². The molecule has 0 radical (unpaired) electrons. The molecule has 0 saturated carbocycles. The highest BCUT2D eigenvalue weighted by Crippen LogP contribution is 2.20. The maximum Gasteiger partial charge on any atom is 0.315 e. The van der Waals surface area contributed by atoms with E-state index in [9.17, 15) is 4.79 Å². The van der Waals surface area contributed by atoms with Gasteiger partial charge in [-0.05, 0) is 55.8 Å². The molecule has 0 saturated heterocycles. The summed E-state index contributed by atoms with van der Waals surface area (Å²) in [5, 5.41) is 0. The first kappa shape index (κ1) is 13.2. The number of ether oxygens (including phenoxy) is 1. The second-order valence-corrected chi connectivity index (χ2v) is 5.45. The van der Waals surface area contributed by atoms with Crippen molar-refractivity contribution in [2.75, 3.05) is 0 Å². The molecule has 88 valence electrons. The summed E-state index contributed by atoms with van der Waals surface area (Å²) in [5.41, 5.74) is 0.251. The van der Waals surface area contributed by atoms with E-state index < -0.39 is 5.60 Å². The molecule has 1 heterocycles. The third-order valence-electron chi connectivity index (χ3n) is 1.94. The minimum Gasteiger partial charge on any atom is -0.459 e. The highest BCUT2D eigenvalue weighted by atomic mass is 79.9. The average molecular weight is 286 g/mol. The Hall–Kier alpha value is -0.900. The predicted molar refractivity (Wildman–Crippen MR) is 66.2 cm³/mol. The summed E-state index contributed by atoms with van der Waals surface area (Å²) in [4.78, 5) is 16.0. The SMILES string of the molecule is CC(C(=O)OC(C)(C)C)c1cccc(Br)n1. The first-order valence-corrected chi connectivity index (χ1v) is 5.94. The van der Waals surface area contributed by atoms with E-state index in [4.69, 9.17) is 4.74 Å². The van der Waals surface area contributed by atoms with Gasteiger partial charge in [-0.25, -0.2) is 4.98 Å². The Kier molecular flexibility index (Phi) is 4.08. The normalized spacial score (nSPS) is 13.3. The van der Waals surface area contributed by atoms with Gasteiger partial charge in [-0.1, -0.05) is 6.07 Å². The van der Waals surface area contributed by atoms with Crippen LogP contribution in [-0.2, 0) is 9.53 Å². The molecule has 0 N–H and O–H groups in total. The van der Waals surface area contributed by atoms with Crippen molar-refractivity contribution in [2.45, 2.75) is 39.2 Å². The topological polar surface area (TPSA) is 39.2 Å². The Labute approximate surface area is 104 Å². The van der Waals surface area contributed by atoms with Crippen LogP contribution in [0.5, 0.6) is 0 Å². The zero-order valence-corrected chi connectivity index (χ0v) is 11.5. The minimum absolute atomic E-state index is 0.252. The van der Waals surface area contributed by atoms with Crippen LogP contribution in [-0.4, -0.2) is 16.6 Å². The monoisotopic (exact) mass is 285 g/mol. The maximum atomic E-state index is 11.8. The quantitative estimate of drug-likeness (QED) is 0.618. The first-order valence-electron chi connectivity index (χ1n) is 5.15. The fourth-order valence-electron chi connectivity index (χ4n) is 1.18. The van der Waals surface area contributed by atoms with E-state index in [2.05, 4.69) is 20.9 Å². The van der Waals surface area contributed by atoms with Crippen molar-refractivity contribution in [2.24, 2.45) is 0 Å². The van der Waals surface area contributed by atoms with Gasteiger partial charge in [-0.2, -0.15) is 0 Å². The molecular weight excluding hydrogens is 270 g/mol. The van der Waals surface area contributed by atoms with Crippen molar-refractivity contribution in [3.8, 4) is 0 Å². The van der Waals surface area contributed by atoms with Gasteiger partial charge in [0, 0.05) is 0 Å². The van der Waals surface area contributed by atoms with Gasteiger partial charge in [0.25, 0.3) is 0 Å². The summed E-state index contributed by atoms with van der Waals surface area (Å²) in [5.74, 6) is -0.602. The first-order chi connectivity index (χ1) is 7.29. The second kappa shape index (κ2) is 4.95. The molecular formula is C12H16BrNO2. The van der Waals surface area contributed by atoms with Crippen LogP contribution in [0.25, 0.3) is 0 Å². The lowest BCUT2D eigenvalue weighted by Crippen LogP contribution is -2.27. The maximum absolute atomic E-state index is 11.8. The Morgan fingerprint density at radius 2 is 2.06 bits per heavy atom. The molecule has 1 aromatic heterocycles. The number of hydrogen-bond donors (Lipinski definition) is 0. The van der Waals surface area contributed by atoms with Crippen molar-refractivity contribution in [1.29, 1.82) is 0 Å². The smallest absolute Gasteiger partial charge is 0.315 e. The number of aromatic nitrogens is 1. The number of rotatable bonds is 2. The number of nitrogens with zero attached hydrogens (tertiary/aromatic N) is 1. The van der Waals surface area contributed by atoms with Crippen LogP contribution in [0.3, 0.4) is 0 Å². The van der Waals surface area contributed by atoms with E-state index in [0.29, 0.717) is 5.69 Å². The van der Waals surface area contributed by atoms with Gasteiger partial charge in [0.1, 0.15) is 10.2 Å². The third-order valence-corrected chi connectivity index (χ3v) is 2.38. The summed E-state index contributed by atoms with van der Waals surface area (Å²) >= 11 is 3.28. The Morgan fingerprint density at radius 1 is 1.44 bits per heavy atom. The Bertz CT molecular complexity index is 385. The van der Waals surface area contributed by atoms with Gasteiger partial charge < -0.3 is 4.74 Å². The largest absolute Gasteiger partial charge is 0.459 e. The summed E-state index contributed by atoms with van der Waals surface area (Å²) in [6.07, 6.45) is 0. The second-order valence-electron chi connectivity index (χ2n) is 4.64. The number of carbonyl (C=O) groups is 1. The van der Waals surface area contributed by atoms with Crippen LogP contribution in [0, 0.1) is 0 Å². The number of halogens is 1. The molecule has 1 aromatic rings. The number of carbonyl (C=O) groups excluding carboxylic acids is 1. The lowest BCUT2D eigenvalue weighted by atomic mass is 10.1. The van der Waals surface area contributed by atoms with E-state index >= 15 is 0 Å². The molecule has 1 atom stereocenters. The highest BCUT2D eigenvalue weighted by molar-refractivity contribution is 9.10. The molecule has 0 amide bonds. The predicted octanol–water partition coefficient (Wildman–Crippen LogP) is 3.29. The van der Waals surface area contributed by atoms with Crippen LogP contribution in [0.15, 0.2) is 22.8 Å². The van der Waals surface area contributed by atoms with Crippen molar-refractivity contribution in [1.82, 2.24) is 4.98 Å². The van der Waals surface area contributed by atoms with Crippen LogP contribution in [0.1, 0.15) is 39.3 Å². The zero-order chi connectivity index (χ0) is 12.3. The van der Waals surface area contributed by atoms with Gasteiger partial charge >= 0.3 is 5.97 Å². The standard InChI is InChI=1S/C12H16BrNO2/c1-8(11(15)16-12(2,3)4)9-6-5-7-10(13)14-9/h5-8H,1-4H3. The lowest BCUT2D eigenvalue weighted by Gasteiger charge is -2.22. The molecule has 0 spiro atoms. The molecule has 1 unspecified atom stereocenters. The van der Waals surface area contributed by atoms with Crippen molar-refractivity contribution >= 4 is 21.9 Å². The van der Waals surface area contributed by atoms with Gasteiger partial charge in [0.05, 0.1) is 11.6 Å². The van der Waals surface area contributed by atoms with Crippen LogP contribution < -0.4 is 0 Å². The minimum atomic E-state index is -0.461. The number of hydrogen-bond acceptors (Lipinski definition) is 3. The number of pyridine rings is 1. The van der Waals surface area contributed by atoms with Gasteiger partial charge in [0.15, 0.2) is 0 Å². The molecule has 0 aliphatic heterocycles. The molecule has 3 nitrogen and oxygen atoms in total. The van der Waals surface area contributed by atoms with E-state index in [1.165, 1.54) is 0 Å². The molecule has 1 rings (SSSR count). The summed E-state index contributed by atoms with van der Waals surface area (Å²) in [6.45, 7) is 7.35. The van der Waals surface area contributed by atoms with E-state index in [-0.39, 0.29) is 11.9 Å². The summed E-state index contributed by atoms with van der Waals surface area (Å²) < 4.78 is 6.02. The molecule has 4 heteroatoms. The van der Waals surface area contributed by atoms with Crippen molar-refractivity contribution < 1.29 is 9.53 Å². The summed E-state index contributed by atoms with van der Waals surface area (Å²) in [6, 6.07) is 5.50. The molecule has 0 fully saturated rings. The molecule has 16 heavy (non-hydrogen) atoms. The van der Waals surface area contributed by atoms with Crippen LogP contribution in [0.4, 0.5) is 0 Å². The molecule has 0 aliphatic carbocycles. The Balaban J connectivity index is 2.78. The van der Waals surface area contributed by atoms with E-state index in [1.54, 1.807) is 6.92 Å². The van der Waals surface area contributed by atoms with Crippen LogP contribution in [0.2, 0.25) is 0 Å². The summed E-state index contributed by atoms with van der Waals surface area (Å²) in [7, 11) is 0. The fraction of sp³-hybridized carbons (Fsp3) is 0.500. The van der Waals surface area contributed by atoms with Crippen LogP contribution >= 0.6 is 15.9 Å². The lowest BCUT2D eigenvalue weighted by molar-refractivity contribution is -0.156. The Morgan fingerprint density at radius 3 is 2.56 bits per heavy atom. The van der Waals surface area contributed by atoms with Gasteiger partial charge in [0.2, 0.25) is 0 Å². The highest BCUT2D eigenvalue weighted by Gasteiger charge is 2.23.